The molecule has 1 fully saturated rings. The molecule has 1 aliphatic rings. The van der Waals surface area contributed by atoms with Gasteiger partial charge in [0, 0.05) is 16.7 Å². The Bertz CT molecular complexity index is 1830. The summed E-state index contributed by atoms with van der Waals surface area (Å²) < 4.78 is 41.6. The molecule has 0 aliphatic heterocycles. The topological polar surface area (TPSA) is 97.8 Å². The highest BCUT2D eigenvalue weighted by Gasteiger charge is 2.35. The van der Waals surface area contributed by atoms with Gasteiger partial charge >= 0.3 is 6.18 Å². The highest BCUT2D eigenvalue weighted by Crippen LogP contribution is 2.39. The van der Waals surface area contributed by atoms with Crippen LogP contribution in [0.4, 0.5) is 13.2 Å². The molecule has 39 heavy (non-hydrogen) atoms. The lowest BCUT2D eigenvalue weighted by Gasteiger charge is -2.38. The van der Waals surface area contributed by atoms with Gasteiger partial charge in [0.05, 0.1) is 16.7 Å². The first-order chi connectivity index (χ1) is 18.8. The second-order valence-corrected chi connectivity index (χ2v) is 9.96. The van der Waals surface area contributed by atoms with E-state index in [1.807, 2.05) is 60.7 Å². The Balaban J connectivity index is 1.41. The van der Waals surface area contributed by atoms with Crippen LogP contribution in [-0.2, 0) is 11.7 Å². The molecule has 0 unspecified atom stereocenters. The number of hydrogen-bond donors (Lipinski definition) is 2. The number of nitrogens with two attached hydrogens (primary N) is 1. The second-order valence-electron chi connectivity index (χ2n) is 9.96. The molecule has 4 aromatic heterocycles. The van der Waals surface area contributed by atoms with E-state index in [4.69, 9.17) is 10.7 Å². The molecule has 3 N–H and O–H groups in total. The predicted octanol–water partition coefficient (Wildman–Crippen LogP) is 6.36. The van der Waals surface area contributed by atoms with Gasteiger partial charge in [-0.05, 0) is 54.7 Å². The van der Waals surface area contributed by atoms with Crippen molar-refractivity contribution in [2.24, 2.45) is 5.73 Å². The van der Waals surface area contributed by atoms with Crippen molar-refractivity contribution in [1.82, 2.24) is 29.8 Å². The Hall–Kier alpha value is -4.57. The maximum Gasteiger partial charge on any atom is 0.432 e. The van der Waals surface area contributed by atoms with Crippen LogP contribution in [-0.4, -0.2) is 29.8 Å². The maximum atomic E-state index is 13.3. The number of alkyl halides is 3. The Kier molecular flexibility index (Phi) is 5.11. The van der Waals surface area contributed by atoms with E-state index in [1.54, 1.807) is 4.40 Å². The minimum atomic E-state index is -4.56. The standard InChI is InChI=1S/C29H22F3N7/c30-29(31,32)25-16-23(35-36-25)27-38-37-26-20(17-5-2-1-3-6-17)15-22-24(39(26)27)12-11-21(34-22)18-7-9-19(10-8-18)28(33)13-4-14-28/h1-3,5-12,15-16H,4,13-14,33H2,(H,35,36). The van der Waals surface area contributed by atoms with Crippen LogP contribution in [0, 0.1) is 0 Å². The summed E-state index contributed by atoms with van der Waals surface area (Å²) in [5.41, 5.74) is 11.6. The smallest absolute Gasteiger partial charge is 0.321 e. The van der Waals surface area contributed by atoms with Crippen LogP contribution in [0.25, 0.3) is 50.6 Å². The van der Waals surface area contributed by atoms with Crippen LogP contribution < -0.4 is 5.73 Å². The average molecular weight is 526 g/mol. The van der Waals surface area contributed by atoms with E-state index >= 15 is 0 Å². The Morgan fingerprint density at radius 1 is 0.846 bits per heavy atom. The first-order valence-corrected chi connectivity index (χ1v) is 12.6. The van der Waals surface area contributed by atoms with Crippen LogP contribution in [0.1, 0.15) is 30.5 Å². The largest absolute Gasteiger partial charge is 0.432 e. The van der Waals surface area contributed by atoms with Crippen LogP contribution in [0.15, 0.2) is 78.9 Å². The van der Waals surface area contributed by atoms with E-state index in [0.29, 0.717) is 16.7 Å². The SMILES string of the molecule is NC1(c2ccc(-c3ccc4c(cc(-c5ccccc5)c5nnc(-c6cc(C(F)(F)F)[nH]n6)n54)n3)cc2)CCC1. The van der Waals surface area contributed by atoms with Crippen molar-refractivity contribution in [2.75, 3.05) is 0 Å². The van der Waals surface area contributed by atoms with Gasteiger partial charge in [0.2, 0.25) is 0 Å². The van der Waals surface area contributed by atoms with Gasteiger partial charge in [-0.3, -0.25) is 9.50 Å². The summed E-state index contributed by atoms with van der Waals surface area (Å²) in [5, 5.41) is 14.6. The monoisotopic (exact) mass is 525 g/mol. The molecular formula is C29H22F3N7. The van der Waals surface area contributed by atoms with Crippen LogP contribution >= 0.6 is 0 Å². The van der Waals surface area contributed by atoms with Gasteiger partial charge in [0.25, 0.3) is 0 Å². The molecule has 0 radical (unpaired) electrons. The summed E-state index contributed by atoms with van der Waals surface area (Å²) in [6.07, 6.45) is -1.44. The molecule has 10 heteroatoms. The molecule has 4 heterocycles. The molecule has 7 rings (SSSR count). The van der Waals surface area contributed by atoms with Gasteiger partial charge in [-0.15, -0.1) is 10.2 Å². The van der Waals surface area contributed by atoms with Gasteiger partial charge in [-0.25, -0.2) is 4.98 Å². The summed E-state index contributed by atoms with van der Waals surface area (Å²) >= 11 is 0. The van der Waals surface area contributed by atoms with Gasteiger partial charge in [0.1, 0.15) is 11.4 Å². The van der Waals surface area contributed by atoms with Crippen molar-refractivity contribution in [3.05, 3.63) is 90.1 Å². The van der Waals surface area contributed by atoms with Crippen LogP contribution in [0.5, 0.6) is 0 Å². The molecule has 0 saturated heterocycles. The number of rotatable bonds is 4. The predicted molar refractivity (Wildman–Crippen MR) is 141 cm³/mol. The van der Waals surface area contributed by atoms with Gasteiger partial charge in [0.15, 0.2) is 11.5 Å². The van der Waals surface area contributed by atoms with E-state index in [2.05, 4.69) is 32.5 Å². The summed E-state index contributed by atoms with van der Waals surface area (Å²) in [6.45, 7) is 0. The van der Waals surface area contributed by atoms with Crippen molar-refractivity contribution in [3.8, 4) is 33.9 Å². The maximum absolute atomic E-state index is 13.3. The van der Waals surface area contributed by atoms with Gasteiger partial charge < -0.3 is 5.73 Å². The van der Waals surface area contributed by atoms with Crippen molar-refractivity contribution in [2.45, 2.75) is 31.0 Å². The fourth-order valence-electron chi connectivity index (χ4n) is 5.21. The van der Waals surface area contributed by atoms with Crippen molar-refractivity contribution >= 4 is 16.7 Å². The summed E-state index contributed by atoms with van der Waals surface area (Å²) in [6, 6.07) is 24.4. The number of nitrogens with one attached hydrogen (secondary N) is 1. The Labute approximate surface area is 220 Å². The third-order valence-corrected chi connectivity index (χ3v) is 7.53. The molecule has 2 aromatic carbocycles. The molecule has 0 bridgehead atoms. The molecule has 0 atom stereocenters. The van der Waals surface area contributed by atoms with Crippen molar-refractivity contribution in [1.29, 1.82) is 0 Å². The minimum Gasteiger partial charge on any atom is -0.321 e. The van der Waals surface area contributed by atoms with E-state index in [1.165, 1.54) is 0 Å². The number of hydrogen-bond acceptors (Lipinski definition) is 5. The van der Waals surface area contributed by atoms with E-state index in [0.717, 1.165) is 53.3 Å². The zero-order valence-electron chi connectivity index (χ0n) is 20.6. The molecule has 0 amide bonds. The fourth-order valence-corrected chi connectivity index (χ4v) is 5.21. The summed E-state index contributed by atoms with van der Waals surface area (Å²) in [5.74, 6) is 0.187. The zero-order valence-corrected chi connectivity index (χ0v) is 20.6. The first kappa shape index (κ1) is 23.5. The molecule has 6 aromatic rings. The lowest BCUT2D eigenvalue weighted by molar-refractivity contribution is -0.141. The minimum absolute atomic E-state index is 0.0349. The number of benzene rings is 2. The normalized spacial score (nSPS) is 15.1. The number of fused-ring (bicyclic) bond motifs is 3. The fraction of sp³-hybridized carbons (Fsp3) is 0.172. The number of aromatic nitrogens is 6. The van der Waals surface area contributed by atoms with E-state index in [9.17, 15) is 13.2 Å². The van der Waals surface area contributed by atoms with Gasteiger partial charge in [-0.1, -0.05) is 54.6 Å². The number of aromatic amines is 1. The zero-order chi connectivity index (χ0) is 26.8. The number of halogens is 3. The molecule has 1 saturated carbocycles. The average Bonchev–Trinajstić information content (AvgIpc) is 3.60. The highest BCUT2D eigenvalue weighted by atomic mass is 19.4. The third kappa shape index (κ3) is 3.87. The molecule has 1 aliphatic carbocycles. The lowest BCUT2D eigenvalue weighted by atomic mass is 9.72. The Morgan fingerprint density at radius 2 is 1.62 bits per heavy atom. The van der Waals surface area contributed by atoms with E-state index < -0.39 is 11.9 Å². The first-order valence-electron chi connectivity index (χ1n) is 12.6. The molecule has 7 nitrogen and oxygen atoms in total. The van der Waals surface area contributed by atoms with Crippen molar-refractivity contribution in [3.63, 3.8) is 0 Å². The lowest BCUT2D eigenvalue weighted by Crippen LogP contribution is -2.43. The number of pyridine rings is 2. The Morgan fingerprint density at radius 3 is 2.28 bits per heavy atom. The van der Waals surface area contributed by atoms with Crippen LogP contribution in [0.3, 0.4) is 0 Å². The highest BCUT2D eigenvalue weighted by molar-refractivity contribution is 5.92. The molecular weight excluding hydrogens is 503 g/mol. The summed E-state index contributed by atoms with van der Waals surface area (Å²) in [7, 11) is 0. The number of H-pyrrole nitrogens is 1. The van der Waals surface area contributed by atoms with Crippen LogP contribution in [0.2, 0.25) is 0 Å². The quantitative estimate of drug-likeness (QED) is 0.279. The molecule has 194 valence electrons. The molecule has 0 spiro atoms. The second kappa shape index (κ2) is 8.47. The van der Waals surface area contributed by atoms with Crippen molar-refractivity contribution < 1.29 is 13.2 Å². The number of nitrogens with zero attached hydrogens (tertiary/aromatic N) is 5. The van der Waals surface area contributed by atoms with E-state index in [-0.39, 0.29) is 17.1 Å². The summed E-state index contributed by atoms with van der Waals surface area (Å²) in [4.78, 5) is 4.95. The third-order valence-electron chi connectivity index (χ3n) is 7.53. The van der Waals surface area contributed by atoms with Gasteiger partial charge in [-0.2, -0.15) is 18.3 Å².